The molecule has 0 radical (unpaired) electrons. The van der Waals surface area contributed by atoms with Gasteiger partial charge in [0.2, 0.25) is 0 Å². The molecule has 21 heavy (non-hydrogen) atoms. The van der Waals surface area contributed by atoms with Gasteiger partial charge in [0.15, 0.2) is 0 Å². The summed E-state index contributed by atoms with van der Waals surface area (Å²) >= 11 is 1.17. The normalized spacial score (nSPS) is 17.0. The van der Waals surface area contributed by atoms with Gasteiger partial charge in [-0.25, -0.2) is 4.79 Å². The number of anilines is 2. The average Bonchev–Trinajstić information content (AvgIpc) is 2.80. The van der Waals surface area contributed by atoms with Crippen LogP contribution in [-0.4, -0.2) is 31.8 Å². The fourth-order valence-corrected chi connectivity index (χ4v) is 3.36. The van der Waals surface area contributed by atoms with Gasteiger partial charge in [0, 0.05) is 13.1 Å². The summed E-state index contributed by atoms with van der Waals surface area (Å²) < 4.78 is 42.8. The first kappa shape index (κ1) is 15.9. The van der Waals surface area contributed by atoms with Gasteiger partial charge in [0.25, 0.3) is 0 Å². The third-order valence-electron chi connectivity index (χ3n) is 3.48. The van der Waals surface area contributed by atoms with Gasteiger partial charge in [-0.15, -0.1) is 11.3 Å². The Morgan fingerprint density at radius 1 is 1.48 bits per heavy atom. The topological polar surface area (TPSA) is 55.6 Å². The zero-order valence-corrected chi connectivity index (χ0v) is 12.4. The van der Waals surface area contributed by atoms with Gasteiger partial charge in [-0.1, -0.05) is 0 Å². The zero-order valence-electron chi connectivity index (χ0n) is 11.6. The Balaban J connectivity index is 2.04. The van der Waals surface area contributed by atoms with E-state index in [1.165, 1.54) is 11.3 Å². The number of halogens is 3. The van der Waals surface area contributed by atoms with E-state index in [1.54, 1.807) is 13.0 Å². The van der Waals surface area contributed by atoms with Crippen LogP contribution >= 0.6 is 11.3 Å². The molecule has 0 atom stereocenters. The van der Waals surface area contributed by atoms with Gasteiger partial charge < -0.3 is 15.4 Å². The first-order chi connectivity index (χ1) is 9.82. The molecule has 2 heterocycles. The van der Waals surface area contributed by atoms with Crippen LogP contribution in [0.1, 0.15) is 29.4 Å². The SMILES string of the molecule is CCOC(=O)c1sc(N2CCC(C(F)(F)F)CC2)cc1N. The van der Waals surface area contributed by atoms with E-state index in [1.807, 2.05) is 4.90 Å². The fraction of sp³-hybridized carbons (Fsp3) is 0.615. The van der Waals surface area contributed by atoms with Crippen molar-refractivity contribution in [3.05, 3.63) is 10.9 Å². The number of alkyl halides is 3. The number of hydrogen-bond donors (Lipinski definition) is 1. The minimum absolute atomic E-state index is 0.0655. The number of hydrogen-bond acceptors (Lipinski definition) is 5. The van der Waals surface area contributed by atoms with Gasteiger partial charge in [-0.05, 0) is 25.8 Å². The molecule has 1 aliphatic rings. The molecule has 1 aromatic heterocycles. The molecule has 2 N–H and O–H groups in total. The molecule has 0 amide bonds. The lowest BCUT2D eigenvalue weighted by molar-refractivity contribution is -0.179. The molecule has 2 rings (SSSR count). The molecule has 118 valence electrons. The summed E-state index contributed by atoms with van der Waals surface area (Å²) in [6.07, 6.45) is -4.00. The highest BCUT2D eigenvalue weighted by atomic mass is 32.1. The molecule has 8 heteroatoms. The average molecular weight is 322 g/mol. The molecular weight excluding hydrogens is 305 g/mol. The van der Waals surface area contributed by atoms with Crippen LogP contribution in [0.2, 0.25) is 0 Å². The number of nitrogens with zero attached hydrogens (tertiary/aromatic N) is 1. The maximum atomic E-state index is 12.6. The van der Waals surface area contributed by atoms with Crippen molar-refractivity contribution in [2.75, 3.05) is 30.3 Å². The van der Waals surface area contributed by atoms with Gasteiger partial charge in [0.1, 0.15) is 4.88 Å². The van der Waals surface area contributed by atoms with E-state index >= 15 is 0 Å². The van der Waals surface area contributed by atoms with Crippen molar-refractivity contribution < 1.29 is 22.7 Å². The number of ether oxygens (including phenoxy) is 1. The van der Waals surface area contributed by atoms with Crippen molar-refractivity contribution in [1.82, 2.24) is 0 Å². The second kappa shape index (κ2) is 6.13. The number of carbonyl (C=O) groups is 1. The molecule has 0 spiro atoms. The molecule has 1 aliphatic heterocycles. The maximum Gasteiger partial charge on any atom is 0.391 e. The van der Waals surface area contributed by atoms with E-state index in [2.05, 4.69) is 0 Å². The minimum Gasteiger partial charge on any atom is -0.462 e. The van der Waals surface area contributed by atoms with E-state index < -0.39 is 18.1 Å². The Morgan fingerprint density at radius 3 is 2.62 bits per heavy atom. The highest BCUT2D eigenvalue weighted by molar-refractivity contribution is 7.18. The third kappa shape index (κ3) is 3.61. The van der Waals surface area contributed by atoms with Crippen molar-refractivity contribution >= 4 is 28.0 Å². The van der Waals surface area contributed by atoms with Crippen LogP contribution in [0, 0.1) is 5.92 Å². The quantitative estimate of drug-likeness (QED) is 0.868. The summed E-state index contributed by atoms with van der Waals surface area (Å²) in [4.78, 5) is 13.8. The Hall–Kier alpha value is -1.44. The Bertz CT molecular complexity index is 508. The summed E-state index contributed by atoms with van der Waals surface area (Å²) in [5, 5.41) is 0.719. The predicted molar refractivity (Wildman–Crippen MR) is 75.7 cm³/mol. The van der Waals surface area contributed by atoms with Crippen molar-refractivity contribution in [3.8, 4) is 0 Å². The van der Waals surface area contributed by atoms with E-state index in [-0.39, 0.29) is 19.4 Å². The van der Waals surface area contributed by atoms with Crippen molar-refractivity contribution in [1.29, 1.82) is 0 Å². The summed E-state index contributed by atoms with van der Waals surface area (Å²) in [5.41, 5.74) is 6.09. The summed E-state index contributed by atoms with van der Waals surface area (Å²) in [5.74, 6) is -1.73. The highest BCUT2D eigenvalue weighted by Crippen LogP contribution is 2.38. The Kier molecular flexibility index (Phi) is 4.65. The molecule has 1 saturated heterocycles. The third-order valence-corrected chi connectivity index (χ3v) is 4.67. The Labute approximate surface area is 124 Å². The first-order valence-corrected chi connectivity index (χ1v) is 7.52. The first-order valence-electron chi connectivity index (χ1n) is 6.71. The van der Waals surface area contributed by atoms with Crippen LogP contribution in [0.25, 0.3) is 0 Å². The van der Waals surface area contributed by atoms with Gasteiger partial charge >= 0.3 is 12.1 Å². The van der Waals surface area contributed by atoms with E-state index in [4.69, 9.17) is 10.5 Å². The lowest BCUT2D eigenvalue weighted by atomic mass is 9.96. The molecule has 0 aliphatic carbocycles. The number of piperidine rings is 1. The summed E-state index contributed by atoms with van der Waals surface area (Å²) in [6.45, 7) is 2.58. The molecule has 0 aromatic carbocycles. The monoisotopic (exact) mass is 322 g/mol. The van der Waals surface area contributed by atoms with Crippen molar-refractivity contribution in [3.63, 3.8) is 0 Å². The van der Waals surface area contributed by atoms with Gasteiger partial charge in [-0.2, -0.15) is 13.2 Å². The van der Waals surface area contributed by atoms with Crippen molar-refractivity contribution in [2.45, 2.75) is 25.9 Å². The summed E-state index contributed by atoms with van der Waals surface area (Å²) in [7, 11) is 0. The number of nitrogens with two attached hydrogens (primary N) is 1. The predicted octanol–water partition coefficient (Wildman–Crippen LogP) is 3.29. The van der Waals surface area contributed by atoms with Crippen LogP contribution in [0.15, 0.2) is 6.07 Å². The number of carbonyl (C=O) groups excluding carboxylic acids is 1. The molecule has 0 saturated carbocycles. The van der Waals surface area contributed by atoms with Crippen LogP contribution < -0.4 is 10.6 Å². The number of rotatable bonds is 3. The highest BCUT2D eigenvalue weighted by Gasteiger charge is 2.41. The standard InChI is InChI=1S/C13H17F3N2O2S/c1-2-20-12(19)11-9(17)7-10(21-11)18-5-3-8(4-6-18)13(14,15)16/h7-8H,2-6,17H2,1H3. The number of thiophene rings is 1. The zero-order chi connectivity index (χ0) is 15.6. The fourth-order valence-electron chi connectivity index (χ4n) is 2.33. The van der Waals surface area contributed by atoms with Crippen LogP contribution in [0.3, 0.4) is 0 Å². The van der Waals surface area contributed by atoms with Crippen molar-refractivity contribution in [2.24, 2.45) is 5.92 Å². The molecule has 0 bridgehead atoms. The molecule has 0 unspecified atom stereocenters. The van der Waals surface area contributed by atoms with E-state index in [0.717, 1.165) is 5.00 Å². The van der Waals surface area contributed by atoms with Crippen LogP contribution in [-0.2, 0) is 4.74 Å². The molecule has 1 aromatic rings. The number of nitrogen functional groups attached to an aromatic ring is 1. The Morgan fingerprint density at radius 2 is 2.10 bits per heavy atom. The van der Waals surface area contributed by atoms with Crippen LogP contribution in [0.5, 0.6) is 0 Å². The van der Waals surface area contributed by atoms with Gasteiger partial charge in [0.05, 0.1) is 23.2 Å². The minimum atomic E-state index is -4.13. The second-order valence-corrected chi connectivity index (χ2v) is 5.92. The molecule has 4 nitrogen and oxygen atoms in total. The summed E-state index contributed by atoms with van der Waals surface area (Å²) in [6, 6.07) is 1.63. The number of esters is 1. The second-order valence-electron chi connectivity index (χ2n) is 4.89. The van der Waals surface area contributed by atoms with Crippen LogP contribution in [0.4, 0.5) is 23.9 Å². The smallest absolute Gasteiger partial charge is 0.391 e. The molecule has 1 fully saturated rings. The lowest BCUT2D eigenvalue weighted by Gasteiger charge is -2.33. The lowest BCUT2D eigenvalue weighted by Crippen LogP contribution is -2.38. The van der Waals surface area contributed by atoms with E-state index in [9.17, 15) is 18.0 Å². The largest absolute Gasteiger partial charge is 0.462 e. The van der Waals surface area contributed by atoms with Gasteiger partial charge in [-0.3, -0.25) is 0 Å². The maximum absolute atomic E-state index is 12.6. The molecular formula is C13H17F3N2O2S. The van der Waals surface area contributed by atoms with E-state index in [0.29, 0.717) is 23.7 Å².